The number of hydrogen-bond acceptors (Lipinski definition) is 4. The Balaban J connectivity index is 1.32. The molecular weight excluding hydrogens is 362 g/mol. The number of ketones is 1. The third-order valence-electron chi connectivity index (χ3n) is 6.53. The fourth-order valence-electron chi connectivity index (χ4n) is 4.90. The molecule has 1 unspecified atom stereocenters. The molecule has 0 amide bonds. The van der Waals surface area contributed by atoms with Crippen LogP contribution in [0.2, 0.25) is 0 Å². The molecule has 0 saturated carbocycles. The Morgan fingerprint density at radius 1 is 1.03 bits per heavy atom. The molecule has 29 heavy (non-hydrogen) atoms. The van der Waals surface area contributed by atoms with E-state index >= 15 is 0 Å². The lowest BCUT2D eigenvalue weighted by Gasteiger charge is -2.33. The third kappa shape index (κ3) is 4.48. The molecule has 154 valence electrons. The SMILES string of the molecule is COc1cc2c(cc1OC)C(=O)C(CC1CCN(CC3=CC=CC=CC3)CC1)C2. The van der Waals surface area contributed by atoms with Crippen LogP contribution in [-0.2, 0) is 6.42 Å². The smallest absolute Gasteiger partial charge is 0.166 e. The molecule has 1 aromatic rings. The maximum absolute atomic E-state index is 13.0. The highest BCUT2D eigenvalue weighted by Crippen LogP contribution is 2.39. The van der Waals surface area contributed by atoms with Gasteiger partial charge in [0.15, 0.2) is 17.3 Å². The summed E-state index contributed by atoms with van der Waals surface area (Å²) in [5, 5.41) is 0. The minimum atomic E-state index is 0.109. The van der Waals surface area contributed by atoms with Gasteiger partial charge in [-0.1, -0.05) is 36.0 Å². The first kappa shape index (κ1) is 20.0. The highest BCUT2D eigenvalue weighted by molar-refractivity contribution is 6.02. The second kappa shape index (κ2) is 9.00. The number of benzene rings is 1. The number of piperidine rings is 1. The maximum Gasteiger partial charge on any atom is 0.166 e. The molecule has 1 heterocycles. The molecule has 4 rings (SSSR count). The van der Waals surface area contributed by atoms with Crippen LogP contribution in [0.5, 0.6) is 11.5 Å². The van der Waals surface area contributed by atoms with E-state index in [2.05, 4.69) is 35.3 Å². The molecule has 2 aliphatic carbocycles. The monoisotopic (exact) mass is 393 g/mol. The Morgan fingerprint density at radius 2 is 1.79 bits per heavy atom. The van der Waals surface area contributed by atoms with Gasteiger partial charge in [-0.25, -0.2) is 0 Å². The quantitative estimate of drug-likeness (QED) is 0.708. The number of Topliss-reactive ketones (excluding diaryl/α,β-unsaturated/α-hetero) is 1. The molecule has 0 N–H and O–H groups in total. The highest BCUT2D eigenvalue weighted by atomic mass is 16.5. The molecule has 0 bridgehead atoms. The molecule has 1 aliphatic heterocycles. The third-order valence-corrected chi connectivity index (χ3v) is 6.53. The van der Waals surface area contributed by atoms with Gasteiger partial charge >= 0.3 is 0 Å². The summed E-state index contributed by atoms with van der Waals surface area (Å²) >= 11 is 0. The summed E-state index contributed by atoms with van der Waals surface area (Å²) in [6.07, 6.45) is 16.1. The van der Waals surface area contributed by atoms with Gasteiger partial charge in [-0.15, -0.1) is 0 Å². The topological polar surface area (TPSA) is 38.8 Å². The average molecular weight is 394 g/mol. The fourth-order valence-corrected chi connectivity index (χ4v) is 4.90. The van der Waals surface area contributed by atoms with Gasteiger partial charge < -0.3 is 9.47 Å². The average Bonchev–Trinajstić information content (AvgIpc) is 2.90. The Bertz CT molecular complexity index is 844. The van der Waals surface area contributed by atoms with E-state index in [4.69, 9.17) is 9.47 Å². The highest BCUT2D eigenvalue weighted by Gasteiger charge is 2.34. The van der Waals surface area contributed by atoms with Crippen molar-refractivity contribution < 1.29 is 14.3 Å². The zero-order valence-corrected chi connectivity index (χ0v) is 17.5. The number of carbonyl (C=O) groups excluding carboxylic acids is 1. The Kier molecular flexibility index (Phi) is 6.19. The van der Waals surface area contributed by atoms with E-state index in [1.165, 1.54) is 18.4 Å². The molecular formula is C25H31NO3. The summed E-state index contributed by atoms with van der Waals surface area (Å²) in [5.41, 5.74) is 3.42. The van der Waals surface area contributed by atoms with Crippen LogP contribution in [-0.4, -0.2) is 44.5 Å². The predicted molar refractivity (Wildman–Crippen MR) is 116 cm³/mol. The van der Waals surface area contributed by atoms with Crippen molar-refractivity contribution in [2.24, 2.45) is 11.8 Å². The lowest BCUT2D eigenvalue weighted by molar-refractivity contribution is 0.0899. The number of hydrogen-bond donors (Lipinski definition) is 0. The lowest BCUT2D eigenvalue weighted by Crippen LogP contribution is -2.36. The summed E-state index contributed by atoms with van der Waals surface area (Å²) < 4.78 is 10.8. The molecule has 4 heteroatoms. The van der Waals surface area contributed by atoms with Gasteiger partial charge in [0.2, 0.25) is 0 Å². The molecule has 0 spiro atoms. The summed E-state index contributed by atoms with van der Waals surface area (Å²) in [4.78, 5) is 15.5. The summed E-state index contributed by atoms with van der Waals surface area (Å²) in [6.45, 7) is 3.32. The second-order valence-electron chi connectivity index (χ2n) is 8.43. The van der Waals surface area contributed by atoms with E-state index in [0.29, 0.717) is 17.4 Å². The van der Waals surface area contributed by atoms with Crippen LogP contribution < -0.4 is 9.47 Å². The predicted octanol–water partition coefficient (Wildman–Crippen LogP) is 4.60. The summed E-state index contributed by atoms with van der Waals surface area (Å²) in [6, 6.07) is 3.85. The van der Waals surface area contributed by atoms with Crippen molar-refractivity contribution in [3.63, 3.8) is 0 Å². The molecule has 3 aliphatic rings. The normalized spacial score (nSPS) is 22.3. The van der Waals surface area contributed by atoms with Crippen LogP contribution in [0.25, 0.3) is 0 Å². The van der Waals surface area contributed by atoms with Crippen LogP contribution in [0.1, 0.15) is 41.6 Å². The molecule has 1 fully saturated rings. The van der Waals surface area contributed by atoms with E-state index < -0.39 is 0 Å². The van der Waals surface area contributed by atoms with Gasteiger partial charge in [0.1, 0.15) is 0 Å². The number of carbonyl (C=O) groups is 1. The zero-order valence-electron chi connectivity index (χ0n) is 17.5. The molecule has 1 atom stereocenters. The van der Waals surface area contributed by atoms with Crippen molar-refractivity contribution in [2.45, 2.75) is 32.1 Å². The van der Waals surface area contributed by atoms with Crippen molar-refractivity contribution in [1.29, 1.82) is 0 Å². The largest absolute Gasteiger partial charge is 0.493 e. The first-order chi connectivity index (χ1) is 14.2. The lowest BCUT2D eigenvalue weighted by atomic mass is 9.85. The standard InChI is InChI=1S/C25H31NO3/c1-28-23-15-20-14-21(25(27)22(20)16-24(23)29-2)13-18-9-11-26(12-10-18)17-19-7-5-3-4-6-8-19/h3-7,15-16,18,21H,8-14,17H2,1-2H3. The number of allylic oxidation sites excluding steroid dienone is 5. The van der Waals surface area contributed by atoms with Crippen molar-refractivity contribution in [1.82, 2.24) is 4.90 Å². The van der Waals surface area contributed by atoms with E-state index in [0.717, 1.165) is 50.0 Å². The Hall–Kier alpha value is -2.33. The van der Waals surface area contributed by atoms with Crippen molar-refractivity contribution >= 4 is 5.78 Å². The number of likely N-dealkylation sites (tertiary alicyclic amines) is 1. The number of rotatable bonds is 6. The number of methoxy groups -OCH3 is 2. The van der Waals surface area contributed by atoms with E-state index in [-0.39, 0.29) is 11.7 Å². The fraction of sp³-hybridized carbons (Fsp3) is 0.480. The first-order valence-corrected chi connectivity index (χ1v) is 10.7. The molecule has 0 radical (unpaired) electrons. The number of fused-ring (bicyclic) bond motifs is 1. The second-order valence-corrected chi connectivity index (χ2v) is 8.43. The van der Waals surface area contributed by atoms with Crippen molar-refractivity contribution in [3.8, 4) is 11.5 Å². The van der Waals surface area contributed by atoms with E-state index in [1.807, 2.05) is 12.1 Å². The van der Waals surface area contributed by atoms with Crippen molar-refractivity contribution in [3.05, 3.63) is 59.2 Å². The molecule has 4 nitrogen and oxygen atoms in total. The van der Waals surface area contributed by atoms with Gasteiger partial charge in [0, 0.05) is 18.0 Å². The molecule has 1 aromatic carbocycles. The van der Waals surface area contributed by atoms with Crippen LogP contribution in [0.3, 0.4) is 0 Å². The van der Waals surface area contributed by atoms with Gasteiger partial charge in [-0.05, 0) is 68.8 Å². The number of nitrogens with zero attached hydrogens (tertiary/aromatic N) is 1. The van der Waals surface area contributed by atoms with Crippen LogP contribution in [0.4, 0.5) is 0 Å². The zero-order chi connectivity index (χ0) is 20.2. The van der Waals surface area contributed by atoms with E-state index in [9.17, 15) is 4.79 Å². The van der Waals surface area contributed by atoms with Crippen molar-refractivity contribution in [2.75, 3.05) is 33.9 Å². The molecule has 0 aromatic heterocycles. The minimum absolute atomic E-state index is 0.109. The number of ether oxygens (including phenoxy) is 2. The summed E-state index contributed by atoms with van der Waals surface area (Å²) in [5.74, 6) is 2.39. The van der Waals surface area contributed by atoms with Gasteiger partial charge in [0.05, 0.1) is 14.2 Å². The van der Waals surface area contributed by atoms with Crippen LogP contribution in [0.15, 0.2) is 48.1 Å². The van der Waals surface area contributed by atoms with Gasteiger partial charge in [-0.3, -0.25) is 9.69 Å². The Morgan fingerprint density at radius 3 is 2.55 bits per heavy atom. The van der Waals surface area contributed by atoms with E-state index in [1.54, 1.807) is 14.2 Å². The van der Waals surface area contributed by atoms with Gasteiger partial charge in [0.25, 0.3) is 0 Å². The van der Waals surface area contributed by atoms with Gasteiger partial charge in [-0.2, -0.15) is 0 Å². The first-order valence-electron chi connectivity index (χ1n) is 10.7. The maximum atomic E-state index is 13.0. The minimum Gasteiger partial charge on any atom is -0.493 e. The summed E-state index contributed by atoms with van der Waals surface area (Å²) in [7, 11) is 3.26. The van der Waals surface area contributed by atoms with Crippen LogP contribution in [0, 0.1) is 11.8 Å². The van der Waals surface area contributed by atoms with Crippen LogP contribution >= 0.6 is 0 Å². The Labute approximate surface area is 173 Å². The molecule has 1 saturated heterocycles.